The van der Waals surface area contributed by atoms with Crippen LogP contribution in [0.3, 0.4) is 0 Å². The van der Waals surface area contributed by atoms with Crippen LogP contribution in [0, 0.1) is 10.1 Å². The minimum atomic E-state index is -0.461. The van der Waals surface area contributed by atoms with E-state index in [0.717, 1.165) is 5.69 Å². The molecular formula is C12H13ClN2O4. The lowest BCUT2D eigenvalue weighted by molar-refractivity contribution is -0.384. The van der Waals surface area contributed by atoms with Crippen LogP contribution < -0.4 is 4.90 Å². The van der Waals surface area contributed by atoms with Gasteiger partial charge in [-0.25, -0.2) is 0 Å². The molecule has 0 atom stereocenters. The van der Waals surface area contributed by atoms with Gasteiger partial charge in [-0.05, 0) is 11.6 Å². The molecule has 1 heterocycles. The van der Waals surface area contributed by atoms with Gasteiger partial charge in [-0.1, -0.05) is 0 Å². The number of fused-ring (bicyclic) bond motifs is 1. The second kappa shape index (κ2) is 5.99. The molecule has 1 aromatic carbocycles. The number of nitro groups is 1. The van der Waals surface area contributed by atoms with Crippen molar-refractivity contribution in [2.45, 2.75) is 6.42 Å². The molecule has 0 unspecified atom stereocenters. The number of halogens is 1. The highest BCUT2D eigenvalue weighted by Crippen LogP contribution is 2.31. The summed E-state index contributed by atoms with van der Waals surface area (Å²) < 4.78 is 5.24. The number of hydrogen-bond acceptors (Lipinski definition) is 4. The first-order chi connectivity index (χ1) is 9.13. The van der Waals surface area contributed by atoms with Gasteiger partial charge in [-0.3, -0.25) is 14.9 Å². The van der Waals surface area contributed by atoms with E-state index in [1.54, 1.807) is 11.0 Å². The van der Waals surface area contributed by atoms with Gasteiger partial charge < -0.3 is 9.64 Å². The second-order valence-electron chi connectivity index (χ2n) is 4.09. The summed E-state index contributed by atoms with van der Waals surface area (Å²) in [6.45, 7) is 1.27. The third-order valence-electron chi connectivity index (χ3n) is 2.89. The van der Waals surface area contributed by atoms with Crippen molar-refractivity contribution in [3.05, 3.63) is 33.9 Å². The molecule has 0 N–H and O–H groups in total. The van der Waals surface area contributed by atoms with Gasteiger partial charge in [0.1, 0.15) is 0 Å². The first-order valence-electron chi connectivity index (χ1n) is 5.85. The SMILES string of the molecule is O=C1Cc2cc([N+](=O)[O-])ccc2N1CCOCCCl. The number of nitro benzene ring substituents is 1. The maximum absolute atomic E-state index is 11.9. The molecule has 1 amide bonds. The third-order valence-corrected chi connectivity index (χ3v) is 3.04. The van der Waals surface area contributed by atoms with Crippen molar-refractivity contribution in [2.75, 3.05) is 30.5 Å². The molecular weight excluding hydrogens is 272 g/mol. The van der Waals surface area contributed by atoms with Gasteiger partial charge in [0.05, 0.1) is 24.6 Å². The van der Waals surface area contributed by atoms with E-state index in [9.17, 15) is 14.9 Å². The number of carbonyl (C=O) groups excluding carboxylic acids is 1. The third kappa shape index (κ3) is 3.02. The average Bonchev–Trinajstić information content (AvgIpc) is 2.69. The predicted molar refractivity (Wildman–Crippen MR) is 70.7 cm³/mol. The molecule has 6 nitrogen and oxygen atoms in total. The summed E-state index contributed by atoms with van der Waals surface area (Å²) >= 11 is 5.48. The fourth-order valence-electron chi connectivity index (χ4n) is 2.04. The van der Waals surface area contributed by atoms with E-state index in [0.29, 0.717) is 31.2 Å². The van der Waals surface area contributed by atoms with Crippen LogP contribution in [-0.4, -0.2) is 36.5 Å². The summed E-state index contributed by atoms with van der Waals surface area (Å²) in [6, 6.07) is 4.47. The molecule has 0 saturated carbocycles. The molecule has 7 heteroatoms. The molecule has 1 aliphatic rings. The van der Waals surface area contributed by atoms with Crippen LogP contribution in [0.1, 0.15) is 5.56 Å². The first kappa shape index (κ1) is 13.8. The lowest BCUT2D eigenvalue weighted by Gasteiger charge is -2.17. The van der Waals surface area contributed by atoms with Gasteiger partial charge >= 0.3 is 0 Å². The van der Waals surface area contributed by atoms with E-state index >= 15 is 0 Å². The van der Waals surface area contributed by atoms with Crippen molar-refractivity contribution < 1.29 is 14.5 Å². The zero-order valence-corrected chi connectivity index (χ0v) is 10.9. The van der Waals surface area contributed by atoms with Gasteiger partial charge in [0.15, 0.2) is 0 Å². The van der Waals surface area contributed by atoms with Gasteiger partial charge in [0.2, 0.25) is 5.91 Å². The Morgan fingerprint density at radius 1 is 1.42 bits per heavy atom. The van der Waals surface area contributed by atoms with E-state index in [-0.39, 0.29) is 18.0 Å². The number of non-ortho nitro benzene ring substituents is 1. The molecule has 19 heavy (non-hydrogen) atoms. The van der Waals surface area contributed by atoms with Crippen molar-refractivity contribution in [1.82, 2.24) is 0 Å². The van der Waals surface area contributed by atoms with Crippen LogP contribution >= 0.6 is 11.6 Å². The Morgan fingerprint density at radius 3 is 2.89 bits per heavy atom. The number of rotatable bonds is 6. The molecule has 2 rings (SSSR count). The highest BCUT2D eigenvalue weighted by atomic mass is 35.5. The van der Waals surface area contributed by atoms with E-state index in [1.807, 2.05) is 0 Å². The quantitative estimate of drug-likeness (QED) is 0.345. The van der Waals surface area contributed by atoms with Crippen molar-refractivity contribution in [1.29, 1.82) is 0 Å². The number of ether oxygens (including phenoxy) is 1. The van der Waals surface area contributed by atoms with Crippen LogP contribution in [0.5, 0.6) is 0 Å². The van der Waals surface area contributed by atoms with Crippen LogP contribution in [0.15, 0.2) is 18.2 Å². The van der Waals surface area contributed by atoms with Crippen molar-refractivity contribution in [2.24, 2.45) is 0 Å². The largest absolute Gasteiger partial charge is 0.378 e. The lowest BCUT2D eigenvalue weighted by atomic mass is 10.1. The van der Waals surface area contributed by atoms with E-state index in [1.165, 1.54) is 12.1 Å². The summed E-state index contributed by atoms with van der Waals surface area (Å²) in [4.78, 5) is 23.7. The molecule has 0 radical (unpaired) electrons. The Hall–Kier alpha value is -1.66. The number of benzene rings is 1. The maximum Gasteiger partial charge on any atom is 0.269 e. The fraction of sp³-hybridized carbons (Fsp3) is 0.417. The van der Waals surface area contributed by atoms with Gasteiger partial charge in [-0.15, -0.1) is 11.6 Å². The molecule has 0 aromatic heterocycles. The monoisotopic (exact) mass is 284 g/mol. The highest BCUT2D eigenvalue weighted by Gasteiger charge is 2.28. The molecule has 0 spiro atoms. The summed E-state index contributed by atoms with van der Waals surface area (Å²) in [5.74, 6) is 0.349. The second-order valence-corrected chi connectivity index (χ2v) is 4.47. The maximum atomic E-state index is 11.9. The zero-order chi connectivity index (χ0) is 13.8. The normalized spacial score (nSPS) is 13.7. The smallest absolute Gasteiger partial charge is 0.269 e. The van der Waals surface area contributed by atoms with Crippen molar-refractivity contribution in [3.63, 3.8) is 0 Å². The van der Waals surface area contributed by atoms with E-state index < -0.39 is 4.92 Å². The number of alkyl halides is 1. The van der Waals surface area contributed by atoms with Gasteiger partial charge in [0.25, 0.3) is 5.69 Å². The molecule has 1 aliphatic heterocycles. The standard InChI is InChI=1S/C12H13ClN2O4/c13-3-5-19-6-4-14-11-2-1-10(15(17)18)7-9(11)8-12(14)16/h1-2,7H,3-6,8H2. The van der Waals surface area contributed by atoms with Crippen LogP contribution in [-0.2, 0) is 16.0 Å². The number of amides is 1. The van der Waals surface area contributed by atoms with E-state index in [4.69, 9.17) is 16.3 Å². The highest BCUT2D eigenvalue weighted by molar-refractivity contribution is 6.17. The minimum absolute atomic E-state index is 0.00629. The zero-order valence-electron chi connectivity index (χ0n) is 10.2. The van der Waals surface area contributed by atoms with Gasteiger partial charge in [-0.2, -0.15) is 0 Å². The first-order valence-corrected chi connectivity index (χ1v) is 6.38. The fourth-order valence-corrected chi connectivity index (χ4v) is 2.15. The minimum Gasteiger partial charge on any atom is -0.378 e. The Balaban J connectivity index is 2.09. The Bertz CT molecular complexity index is 507. The molecule has 102 valence electrons. The molecule has 1 aromatic rings. The Kier molecular flexibility index (Phi) is 4.34. The molecule has 0 fully saturated rings. The topological polar surface area (TPSA) is 72.7 Å². The molecule has 0 bridgehead atoms. The Morgan fingerprint density at radius 2 is 2.21 bits per heavy atom. The number of carbonyl (C=O) groups is 1. The predicted octanol–water partition coefficient (Wildman–Crippen LogP) is 1.74. The summed E-state index contributed by atoms with van der Waals surface area (Å²) in [5.41, 5.74) is 1.42. The van der Waals surface area contributed by atoms with Crippen molar-refractivity contribution in [3.8, 4) is 0 Å². The lowest BCUT2D eigenvalue weighted by Crippen LogP contribution is -2.30. The van der Waals surface area contributed by atoms with Crippen LogP contribution in [0.25, 0.3) is 0 Å². The molecule has 0 saturated heterocycles. The number of anilines is 1. The van der Waals surface area contributed by atoms with Crippen LogP contribution in [0.2, 0.25) is 0 Å². The molecule has 0 aliphatic carbocycles. The van der Waals surface area contributed by atoms with E-state index in [2.05, 4.69) is 0 Å². The van der Waals surface area contributed by atoms with Crippen molar-refractivity contribution >= 4 is 28.9 Å². The van der Waals surface area contributed by atoms with Gasteiger partial charge in [0, 0.05) is 30.2 Å². The number of hydrogen-bond donors (Lipinski definition) is 0. The number of nitrogens with zero attached hydrogens (tertiary/aromatic N) is 2. The summed E-state index contributed by atoms with van der Waals surface area (Å²) in [7, 11) is 0. The summed E-state index contributed by atoms with van der Waals surface area (Å²) in [5, 5.41) is 10.7. The van der Waals surface area contributed by atoms with Crippen LogP contribution in [0.4, 0.5) is 11.4 Å². The Labute approximate surface area is 115 Å². The summed E-state index contributed by atoms with van der Waals surface area (Å²) in [6.07, 6.45) is 0.201. The average molecular weight is 285 g/mol.